The van der Waals surface area contributed by atoms with Gasteiger partial charge in [0.1, 0.15) is 5.75 Å². The molecule has 2 aliphatic heterocycles. The molecule has 114 valence electrons. The highest BCUT2D eigenvalue weighted by molar-refractivity contribution is 5.94. The van der Waals surface area contributed by atoms with Crippen molar-refractivity contribution in [3.63, 3.8) is 0 Å². The molecule has 0 unspecified atom stereocenters. The highest BCUT2D eigenvalue weighted by atomic mass is 16.5. The summed E-state index contributed by atoms with van der Waals surface area (Å²) < 4.78 is 5.40. The Morgan fingerprint density at radius 2 is 1.90 bits per heavy atom. The van der Waals surface area contributed by atoms with Gasteiger partial charge in [-0.1, -0.05) is 0 Å². The molecule has 0 aliphatic carbocycles. The first-order valence-electron chi connectivity index (χ1n) is 8.00. The molecule has 2 heterocycles. The van der Waals surface area contributed by atoms with Gasteiger partial charge in [0.15, 0.2) is 0 Å². The summed E-state index contributed by atoms with van der Waals surface area (Å²) in [7, 11) is 0. The van der Waals surface area contributed by atoms with Gasteiger partial charge >= 0.3 is 0 Å². The second kappa shape index (κ2) is 6.06. The Hall–Kier alpha value is -1.55. The molecule has 2 saturated heterocycles. The van der Waals surface area contributed by atoms with E-state index in [0.29, 0.717) is 12.2 Å². The Balaban J connectivity index is 1.59. The van der Waals surface area contributed by atoms with Crippen molar-refractivity contribution in [1.82, 2.24) is 10.2 Å². The van der Waals surface area contributed by atoms with Gasteiger partial charge in [0.2, 0.25) is 0 Å². The van der Waals surface area contributed by atoms with Crippen molar-refractivity contribution >= 4 is 5.91 Å². The minimum absolute atomic E-state index is 0.0196. The van der Waals surface area contributed by atoms with E-state index in [-0.39, 0.29) is 11.4 Å². The summed E-state index contributed by atoms with van der Waals surface area (Å²) >= 11 is 0. The van der Waals surface area contributed by atoms with Crippen LogP contribution >= 0.6 is 0 Å². The van der Waals surface area contributed by atoms with Crippen molar-refractivity contribution < 1.29 is 9.53 Å². The lowest BCUT2D eigenvalue weighted by Gasteiger charge is -2.32. The molecule has 0 aromatic heterocycles. The largest absolute Gasteiger partial charge is 0.494 e. The Kier molecular flexibility index (Phi) is 4.15. The number of hydrogen-bond acceptors (Lipinski definition) is 3. The van der Waals surface area contributed by atoms with Gasteiger partial charge in [-0.15, -0.1) is 0 Å². The molecule has 1 aromatic rings. The van der Waals surface area contributed by atoms with Crippen molar-refractivity contribution in [2.45, 2.75) is 38.1 Å². The van der Waals surface area contributed by atoms with Gasteiger partial charge < -0.3 is 10.1 Å². The third kappa shape index (κ3) is 2.91. The fraction of sp³-hybridized carbons (Fsp3) is 0.588. The number of carbonyl (C=O) groups excluding carboxylic acids is 1. The second-order valence-corrected chi connectivity index (χ2v) is 6.06. The highest BCUT2D eigenvalue weighted by Crippen LogP contribution is 2.38. The van der Waals surface area contributed by atoms with Crippen LogP contribution in [0.5, 0.6) is 5.75 Å². The van der Waals surface area contributed by atoms with E-state index >= 15 is 0 Å². The number of benzene rings is 1. The zero-order valence-electron chi connectivity index (χ0n) is 12.7. The second-order valence-electron chi connectivity index (χ2n) is 6.06. The molecule has 2 fully saturated rings. The third-order valence-electron chi connectivity index (χ3n) is 4.82. The maximum Gasteiger partial charge on any atom is 0.251 e. The first-order chi connectivity index (χ1) is 10.2. The molecule has 1 N–H and O–H groups in total. The van der Waals surface area contributed by atoms with Gasteiger partial charge in [0, 0.05) is 17.6 Å². The number of nitrogens with zero attached hydrogens (tertiary/aromatic N) is 1. The third-order valence-corrected chi connectivity index (χ3v) is 4.82. The summed E-state index contributed by atoms with van der Waals surface area (Å²) in [6.07, 6.45) is 4.96. The Morgan fingerprint density at radius 1 is 1.24 bits per heavy atom. The molecule has 4 heteroatoms. The molecule has 0 spiro atoms. The number of hydrogen-bond donors (Lipinski definition) is 1. The SMILES string of the molecule is CCOc1ccc(C(=O)NCC23CCCN2CCC3)cc1. The predicted molar refractivity (Wildman–Crippen MR) is 82.7 cm³/mol. The molecule has 3 rings (SSSR count). The molecule has 0 bridgehead atoms. The van der Waals surface area contributed by atoms with Gasteiger partial charge in [0.25, 0.3) is 5.91 Å². The summed E-state index contributed by atoms with van der Waals surface area (Å²) in [5.74, 6) is 0.830. The quantitative estimate of drug-likeness (QED) is 0.905. The average molecular weight is 288 g/mol. The topological polar surface area (TPSA) is 41.6 Å². The Morgan fingerprint density at radius 3 is 2.52 bits per heavy atom. The lowest BCUT2D eigenvalue weighted by Crippen LogP contribution is -2.48. The van der Waals surface area contributed by atoms with E-state index in [1.165, 1.54) is 38.8 Å². The lowest BCUT2D eigenvalue weighted by atomic mass is 9.94. The van der Waals surface area contributed by atoms with Crippen LogP contribution in [0.15, 0.2) is 24.3 Å². The van der Waals surface area contributed by atoms with Crippen LogP contribution in [0.3, 0.4) is 0 Å². The van der Waals surface area contributed by atoms with Crippen LogP contribution in [-0.2, 0) is 0 Å². The van der Waals surface area contributed by atoms with E-state index in [9.17, 15) is 4.79 Å². The molecule has 21 heavy (non-hydrogen) atoms. The van der Waals surface area contributed by atoms with Crippen LogP contribution in [0.4, 0.5) is 0 Å². The summed E-state index contributed by atoms with van der Waals surface area (Å²) in [5, 5.41) is 3.13. The molecular weight excluding hydrogens is 264 g/mol. The number of rotatable bonds is 5. The molecule has 0 saturated carbocycles. The molecular formula is C17H24N2O2. The monoisotopic (exact) mass is 288 g/mol. The fourth-order valence-electron chi connectivity index (χ4n) is 3.73. The van der Waals surface area contributed by atoms with E-state index < -0.39 is 0 Å². The summed E-state index contributed by atoms with van der Waals surface area (Å²) in [6.45, 7) is 5.76. The Labute approximate surface area is 126 Å². The van der Waals surface area contributed by atoms with Crippen LogP contribution in [0.1, 0.15) is 43.0 Å². The lowest BCUT2D eigenvalue weighted by molar-refractivity contribution is 0.0919. The number of fused-ring (bicyclic) bond motifs is 1. The van der Waals surface area contributed by atoms with E-state index in [2.05, 4.69) is 10.2 Å². The minimum Gasteiger partial charge on any atom is -0.494 e. The summed E-state index contributed by atoms with van der Waals surface area (Å²) in [5.41, 5.74) is 0.943. The zero-order chi connectivity index (χ0) is 14.7. The van der Waals surface area contributed by atoms with Gasteiger partial charge in [-0.05, 0) is 70.0 Å². The summed E-state index contributed by atoms with van der Waals surface area (Å²) in [6, 6.07) is 7.38. The van der Waals surface area contributed by atoms with Crippen molar-refractivity contribution in [3.8, 4) is 5.75 Å². The first-order valence-corrected chi connectivity index (χ1v) is 8.00. The molecule has 2 aliphatic rings. The van der Waals surface area contributed by atoms with Gasteiger partial charge in [-0.3, -0.25) is 9.69 Å². The van der Waals surface area contributed by atoms with Crippen LogP contribution in [0, 0.1) is 0 Å². The number of carbonyl (C=O) groups is 1. The van der Waals surface area contributed by atoms with Crippen LogP contribution < -0.4 is 10.1 Å². The van der Waals surface area contributed by atoms with Crippen LogP contribution in [0.2, 0.25) is 0 Å². The molecule has 0 radical (unpaired) electrons. The fourth-order valence-corrected chi connectivity index (χ4v) is 3.73. The van der Waals surface area contributed by atoms with Crippen LogP contribution in [0.25, 0.3) is 0 Å². The van der Waals surface area contributed by atoms with Crippen molar-refractivity contribution in [1.29, 1.82) is 0 Å². The number of amides is 1. The van der Waals surface area contributed by atoms with E-state index in [1.54, 1.807) is 0 Å². The first kappa shape index (κ1) is 14.4. The normalized spacial score (nSPS) is 20.2. The number of nitrogens with one attached hydrogen (secondary N) is 1. The zero-order valence-corrected chi connectivity index (χ0v) is 12.7. The molecule has 1 amide bonds. The van der Waals surface area contributed by atoms with Crippen molar-refractivity contribution in [2.75, 3.05) is 26.2 Å². The van der Waals surface area contributed by atoms with E-state index in [0.717, 1.165) is 12.3 Å². The summed E-state index contributed by atoms with van der Waals surface area (Å²) in [4.78, 5) is 14.8. The van der Waals surface area contributed by atoms with E-state index in [1.807, 2.05) is 31.2 Å². The van der Waals surface area contributed by atoms with Gasteiger partial charge in [-0.25, -0.2) is 0 Å². The predicted octanol–water partition coefficient (Wildman–Crippen LogP) is 2.44. The van der Waals surface area contributed by atoms with E-state index in [4.69, 9.17) is 4.74 Å². The number of ether oxygens (including phenoxy) is 1. The molecule has 4 nitrogen and oxygen atoms in total. The molecule has 1 aromatic carbocycles. The standard InChI is InChI=1S/C17H24N2O2/c1-2-21-15-7-5-14(6-8-15)16(20)18-13-17-9-3-11-19(17)12-4-10-17/h5-8H,2-4,9-13H2,1H3,(H,18,20). The molecule has 0 atom stereocenters. The van der Waals surface area contributed by atoms with Crippen molar-refractivity contribution in [2.24, 2.45) is 0 Å². The minimum atomic E-state index is 0.0196. The maximum absolute atomic E-state index is 12.3. The van der Waals surface area contributed by atoms with Crippen molar-refractivity contribution in [3.05, 3.63) is 29.8 Å². The van der Waals surface area contributed by atoms with Gasteiger partial charge in [-0.2, -0.15) is 0 Å². The average Bonchev–Trinajstić information content (AvgIpc) is 3.05. The van der Waals surface area contributed by atoms with Crippen LogP contribution in [-0.4, -0.2) is 42.6 Å². The Bertz CT molecular complexity index is 488. The smallest absolute Gasteiger partial charge is 0.251 e. The van der Waals surface area contributed by atoms with Gasteiger partial charge in [0.05, 0.1) is 6.61 Å². The highest BCUT2D eigenvalue weighted by Gasteiger charge is 2.44. The maximum atomic E-state index is 12.3.